The molecule has 8 nitrogen and oxygen atoms in total. The first-order valence-electron chi connectivity index (χ1n) is 7.25. The first-order valence-corrected chi connectivity index (χ1v) is 7.25. The van der Waals surface area contributed by atoms with Gasteiger partial charge in [0.2, 0.25) is 5.91 Å². The predicted octanol–water partition coefficient (Wildman–Crippen LogP) is 0.428. The zero-order valence-corrected chi connectivity index (χ0v) is 13.7. The molecule has 1 rings (SSSR count). The maximum atomic E-state index is 12.3. The highest BCUT2D eigenvalue weighted by molar-refractivity contribution is 6.06. The highest BCUT2D eigenvalue weighted by Gasteiger charge is 2.26. The second-order valence-corrected chi connectivity index (χ2v) is 5.34. The smallest absolute Gasteiger partial charge is 0.336 e. The summed E-state index contributed by atoms with van der Waals surface area (Å²) in [5, 5.41) is 14.0. The topological polar surface area (TPSA) is 122 Å². The van der Waals surface area contributed by atoms with Gasteiger partial charge >= 0.3 is 11.9 Å². The average Bonchev–Trinajstić information content (AvgIpc) is 2.56. The Morgan fingerprint density at radius 1 is 1.12 bits per heavy atom. The van der Waals surface area contributed by atoms with Crippen molar-refractivity contribution in [2.45, 2.75) is 19.9 Å². The van der Waals surface area contributed by atoms with Crippen LogP contribution in [0.2, 0.25) is 0 Å². The maximum Gasteiger partial charge on any atom is 0.336 e. The summed E-state index contributed by atoms with van der Waals surface area (Å²) in [6.07, 6.45) is 0. The Bertz CT molecular complexity index is 641. The van der Waals surface area contributed by atoms with Crippen molar-refractivity contribution in [1.29, 1.82) is 0 Å². The number of methoxy groups -OCH3 is 1. The second kappa shape index (κ2) is 8.66. The normalized spacial score (nSPS) is 11.5. The number of carboxylic acids is 1. The zero-order valence-electron chi connectivity index (χ0n) is 13.7. The summed E-state index contributed by atoms with van der Waals surface area (Å²) in [7, 11) is 1.19. The van der Waals surface area contributed by atoms with E-state index in [1.165, 1.54) is 31.4 Å². The third-order valence-electron chi connectivity index (χ3n) is 3.27. The lowest BCUT2D eigenvalue weighted by Crippen LogP contribution is -2.50. The first-order chi connectivity index (χ1) is 11.3. The average molecular weight is 336 g/mol. The minimum atomic E-state index is -1.24. The van der Waals surface area contributed by atoms with Crippen molar-refractivity contribution in [3.8, 4) is 0 Å². The van der Waals surface area contributed by atoms with Gasteiger partial charge in [-0.25, -0.2) is 4.79 Å². The van der Waals surface area contributed by atoms with E-state index in [9.17, 15) is 19.2 Å². The van der Waals surface area contributed by atoms with Gasteiger partial charge in [-0.05, 0) is 18.1 Å². The van der Waals surface area contributed by atoms with Gasteiger partial charge in [-0.3, -0.25) is 14.4 Å². The quantitative estimate of drug-likeness (QED) is 0.621. The monoisotopic (exact) mass is 336 g/mol. The molecule has 0 spiro atoms. The Balaban J connectivity index is 2.89. The van der Waals surface area contributed by atoms with Gasteiger partial charge < -0.3 is 20.5 Å². The largest absolute Gasteiger partial charge is 0.478 e. The van der Waals surface area contributed by atoms with Crippen LogP contribution < -0.4 is 10.6 Å². The summed E-state index contributed by atoms with van der Waals surface area (Å²) in [6, 6.07) is 4.78. The molecule has 0 unspecified atom stereocenters. The molecule has 0 saturated carbocycles. The van der Waals surface area contributed by atoms with Crippen LogP contribution in [-0.4, -0.2) is 48.6 Å². The summed E-state index contributed by atoms with van der Waals surface area (Å²) in [5.74, 6) is -3.37. The summed E-state index contributed by atoms with van der Waals surface area (Å²) in [5.41, 5.74) is -0.205. The summed E-state index contributed by atoms with van der Waals surface area (Å²) < 4.78 is 4.43. The molecule has 1 atom stereocenters. The number of ether oxygens (including phenoxy) is 1. The second-order valence-electron chi connectivity index (χ2n) is 5.34. The third kappa shape index (κ3) is 5.08. The molecule has 0 fully saturated rings. The van der Waals surface area contributed by atoms with E-state index in [2.05, 4.69) is 15.4 Å². The molecule has 0 heterocycles. The Morgan fingerprint density at radius 3 is 2.21 bits per heavy atom. The summed E-state index contributed by atoms with van der Waals surface area (Å²) >= 11 is 0. The number of benzene rings is 1. The molecule has 0 aliphatic heterocycles. The molecule has 1 aromatic carbocycles. The molecule has 2 amide bonds. The number of esters is 1. The van der Waals surface area contributed by atoms with Crippen molar-refractivity contribution in [2.24, 2.45) is 5.92 Å². The van der Waals surface area contributed by atoms with Crippen molar-refractivity contribution in [2.75, 3.05) is 13.7 Å². The zero-order chi connectivity index (χ0) is 18.3. The van der Waals surface area contributed by atoms with Gasteiger partial charge in [0.05, 0.1) is 18.2 Å². The van der Waals surface area contributed by atoms with Crippen LogP contribution in [0.4, 0.5) is 0 Å². The van der Waals surface area contributed by atoms with E-state index in [-0.39, 0.29) is 23.6 Å². The molecular weight excluding hydrogens is 316 g/mol. The Kier molecular flexibility index (Phi) is 6.91. The fraction of sp³-hybridized carbons (Fsp3) is 0.375. The van der Waals surface area contributed by atoms with Crippen LogP contribution in [0.1, 0.15) is 34.6 Å². The molecule has 0 aliphatic carbocycles. The number of nitrogens with one attached hydrogen (secondary N) is 2. The molecule has 0 aliphatic rings. The molecule has 8 heteroatoms. The van der Waals surface area contributed by atoms with Crippen LogP contribution in [0.25, 0.3) is 0 Å². The van der Waals surface area contributed by atoms with E-state index in [1.807, 2.05) is 0 Å². The van der Waals surface area contributed by atoms with E-state index < -0.39 is 29.8 Å². The number of carbonyl (C=O) groups excluding carboxylic acids is 3. The fourth-order valence-electron chi connectivity index (χ4n) is 1.96. The van der Waals surface area contributed by atoms with Gasteiger partial charge in [-0.2, -0.15) is 0 Å². The van der Waals surface area contributed by atoms with Gasteiger partial charge in [-0.15, -0.1) is 0 Å². The van der Waals surface area contributed by atoms with Gasteiger partial charge in [0.1, 0.15) is 12.6 Å². The highest BCUT2D eigenvalue weighted by atomic mass is 16.5. The van der Waals surface area contributed by atoms with Crippen LogP contribution in [-0.2, 0) is 14.3 Å². The molecule has 0 aromatic heterocycles. The van der Waals surface area contributed by atoms with Crippen LogP contribution in [0.3, 0.4) is 0 Å². The molecule has 0 saturated heterocycles. The number of aromatic carboxylic acids is 1. The van der Waals surface area contributed by atoms with Crippen molar-refractivity contribution < 1.29 is 29.0 Å². The van der Waals surface area contributed by atoms with Crippen molar-refractivity contribution >= 4 is 23.8 Å². The van der Waals surface area contributed by atoms with E-state index in [0.29, 0.717) is 0 Å². The lowest BCUT2D eigenvalue weighted by Gasteiger charge is -2.21. The Hall–Kier alpha value is -2.90. The lowest BCUT2D eigenvalue weighted by atomic mass is 10.0. The van der Waals surface area contributed by atoms with Crippen molar-refractivity contribution in [3.63, 3.8) is 0 Å². The van der Waals surface area contributed by atoms with E-state index in [4.69, 9.17) is 5.11 Å². The van der Waals surface area contributed by atoms with Gasteiger partial charge in [-0.1, -0.05) is 26.0 Å². The first kappa shape index (κ1) is 19.1. The third-order valence-corrected chi connectivity index (χ3v) is 3.27. The van der Waals surface area contributed by atoms with Crippen LogP contribution in [0.15, 0.2) is 24.3 Å². The van der Waals surface area contributed by atoms with Crippen molar-refractivity contribution in [3.05, 3.63) is 35.4 Å². The number of hydrogen-bond donors (Lipinski definition) is 3. The summed E-state index contributed by atoms with van der Waals surface area (Å²) in [6.45, 7) is 3.11. The van der Waals surface area contributed by atoms with Crippen molar-refractivity contribution in [1.82, 2.24) is 10.6 Å². The maximum absolute atomic E-state index is 12.3. The SMILES string of the molecule is COC(=O)CNC(=O)[C@@H](NC(=O)c1ccccc1C(=O)O)C(C)C. The predicted molar refractivity (Wildman–Crippen MR) is 84.5 cm³/mol. The fourth-order valence-corrected chi connectivity index (χ4v) is 1.96. The highest BCUT2D eigenvalue weighted by Crippen LogP contribution is 2.10. The molecular formula is C16H20N2O6. The molecule has 130 valence electrons. The molecule has 0 bridgehead atoms. The number of carbonyl (C=O) groups is 4. The van der Waals surface area contributed by atoms with Gasteiger partial charge in [0.25, 0.3) is 5.91 Å². The number of hydrogen-bond acceptors (Lipinski definition) is 5. The van der Waals surface area contributed by atoms with E-state index >= 15 is 0 Å². The van der Waals surface area contributed by atoms with Gasteiger partial charge in [0.15, 0.2) is 0 Å². The standard InChI is InChI=1S/C16H20N2O6/c1-9(2)13(15(21)17-8-12(19)24-3)18-14(20)10-6-4-5-7-11(10)16(22)23/h4-7,9,13H,8H2,1-3H3,(H,17,21)(H,18,20)(H,22,23)/t13-/m0/s1. The minimum absolute atomic E-state index is 0.0450. The van der Waals surface area contributed by atoms with Crippen LogP contribution in [0.5, 0.6) is 0 Å². The molecule has 1 aromatic rings. The summed E-state index contributed by atoms with van der Waals surface area (Å²) in [4.78, 5) is 46.7. The number of carboxylic acid groups (broad SMARTS) is 1. The lowest BCUT2D eigenvalue weighted by molar-refractivity contribution is -0.141. The Labute approximate surface area is 139 Å². The van der Waals surface area contributed by atoms with E-state index in [0.717, 1.165) is 0 Å². The van der Waals surface area contributed by atoms with Gasteiger partial charge in [0, 0.05) is 0 Å². The molecule has 24 heavy (non-hydrogen) atoms. The van der Waals surface area contributed by atoms with Crippen LogP contribution >= 0.6 is 0 Å². The van der Waals surface area contributed by atoms with E-state index in [1.54, 1.807) is 13.8 Å². The minimum Gasteiger partial charge on any atom is -0.478 e. The molecule has 3 N–H and O–H groups in total. The van der Waals surface area contributed by atoms with Crippen LogP contribution in [0, 0.1) is 5.92 Å². The number of rotatable bonds is 7. The Morgan fingerprint density at radius 2 is 1.71 bits per heavy atom. The molecule has 0 radical (unpaired) electrons. The number of amides is 2.